The van der Waals surface area contributed by atoms with E-state index in [0.717, 1.165) is 35.9 Å². The topological polar surface area (TPSA) is 38.3 Å². The van der Waals surface area contributed by atoms with Crippen LogP contribution < -0.4 is 5.32 Å². The van der Waals surface area contributed by atoms with Gasteiger partial charge in [0.15, 0.2) is 0 Å². The Morgan fingerprint density at radius 2 is 2.30 bits per heavy atom. The van der Waals surface area contributed by atoms with Crippen molar-refractivity contribution in [3.8, 4) is 0 Å². The zero-order chi connectivity index (χ0) is 14.2. The fourth-order valence-corrected chi connectivity index (χ4v) is 3.32. The summed E-state index contributed by atoms with van der Waals surface area (Å²) in [6, 6.07) is 7.92. The molecule has 110 valence electrons. The molecule has 0 aromatic heterocycles. The molecule has 1 atom stereocenters. The summed E-state index contributed by atoms with van der Waals surface area (Å²) in [6.45, 7) is 2.03. The second kappa shape index (κ2) is 8.55. The lowest BCUT2D eigenvalue weighted by atomic mass is 10.1. The number of ether oxygens (including phenoxy) is 1. The minimum absolute atomic E-state index is 0.0609. The quantitative estimate of drug-likeness (QED) is 0.786. The average molecular weight is 314 g/mol. The van der Waals surface area contributed by atoms with Crippen LogP contribution >= 0.6 is 23.4 Å². The number of halogens is 1. The smallest absolute Gasteiger partial charge is 0.225 e. The number of amides is 1. The number of carbonyl (C=O) groups excluding carboxylic acids is 1. The molecule has 1 saturated heterocycles. The molecule has 0 saturated carbocycles. The maximum absolute atomic E-state index is 11.7. The normalized spacial score (nSPS) is 18.1. The lowest BCUT2D eigenvalue weighted by Gasteiger charge is -2.09. The van der Waals surface area contributed by atoms with Crippen molar-refractivity contribution in [1.29, 1.82) is 0 Å². The molecular weight excluding hydrogens is 294 g/mol. The van der Waals surface area contributed by atoms with Gasteiger partial charge < -0.3 is 10.1 Å². The average Bonchev–Trinajstić information content (AvgIpc) is 2.98. The summed E-state index contributed by atoms with van der Waals surface area (Å²) >= 11 is 7.94. The van der Waals surface area contributed by atoms with Crippen LogP contribution in [0.5, 0.6) is 0 Å². The molecule has 0 aliphatic carbocycles. The Morgan fingerprint density at radius 1 is 1.45 bits per heavy atom. The molecule has 20 heavy (non-hydrogen) atoms. The second-order valence-corrected chi connectivity index (χ2v) is 6.36. The van der Waals surface area contributed by atoms with Gasteiger partial charge in [-0.25, -0.2) is 0 Å². The Balaban J connectivity index is 1.53. The van der Waals surface area contributed by atoms with Gasteiger partial charge in [0.25, 0.3) is 0 Å². The van der Waals surface area contributed by atoms with E-state index in [1.807, 2.05) is 30.0 Å². The van der Waals surface area contributed by atoms with E-state index >= 15 is 0 Å². The third kappa shape index (κ3) is 5.00. The molecule has 1 aromatic rings. The molecule has 1 heterocycles. The molecule has 1 amide bonds. The van der Waals surface area contributed by atoms with Crippen LogP contribution in [0.3, 0.4) is 0 Å². The summed E-state index contributed by atoms with van der Waals surface area (Å²) in [5.74, 6) is 2.14. The number of nitrogens with one attached hydrogen (secondary N) is 1. The molecule has 3 nitrogen and oxygen atoms in total. The second-order valence-electron chi connectivity index (χ2n) is 4.85. The highest BCUT2D eigenvalue weighted by atomic mass is 35.5. The summed E-state index contributed by atoms with van der Waals surface area (Å²) in [4.78, 5) is 11.7. The van der Waals surface area contributed by atoms with Crippen LogP contribution in [-0.4, -0.2) is 31.4 Å². The van der Waals surface area contributed by atoms with E-state index in [1.165, 1.54) is 5.56 Å². The van der Waals surface area contributed by atoms with Gasteiger partial charge in [0.2, 0.25) is 5.91 Å². The Labute approximate surface area is 129 Å². The molecule has 1 aromatic carbocycles. The summed E-state index contributed by atoms with van der Waals surface area (Å²) in [5.41, 5.74) is 1.17. The fraction of sp³-hybridized carbons (Fsp3) is 0.533. The Kier molecular flexibility index (Phi) is 6.70. The third-order valence-corrected chi connectivity index (χ3v) is 4.74. The minimum Gasteiger partial charge on any atom is -0.381 e. The van der Waals surface area contributed by atoms with Crippen molar-refractivity contribution in [3.63, 3.8) is 0 Å². The lowest BCUT2D eigenvalue weighted by Crippen LogP contribution is -2.31. The number of hydrogen-bond acceptors (Lipinski definition) is 3. The number of carbonyl (C=O) groups is 1. The number of rotatable bonds is 7. The molecule has 5 heteroatoms. The van der Waals surface area contributed by atoms with E-state index in [0.29, 0.717) is 13.2 Å². The van der Waals surface area contributed by atoms with Gasteiger partial charge in [-0.15, -0.1) is 0 Å². The van der Waals surface area contributed by atoms with Crippen molar-refractivity contribution < 1.29 is 9.53 Å². The Bertz CT molecular complexity index is 436. The van der Waals surface area contributed by atoms with Crippen LogP contribution in [0, 0.1) is 5.92 Å². The highest BCUT2D eigenvalue weighted by Gasteiger charge is 2.22. The largest absolute Gasteiger partial charge is 0.381 e. The SMILES string of the molecule is O=C(NCCCSCc1ccccc1Cl)C1CCOC1. The van der Waals surface area contributed by atoms with Crippen LogP contribution in [0.25, 0.3) is 0 Å². The first-order valence-electron chi connectivity index (χ1n) is 6.94. The molecule has 1 unspecified atom stereocenters. The third-order valence-electron chi connectivity index (χ3n) is 3.28. The first-order chi connectivity index (χ1) is 9.77. The van der Waals surface area contributed by atoms with E-state index in [-0.39, 0.29) is 11.8 Å². The Morgan fingerprint density at radius 3 is 3.05 bits per heavy atom. The van der Waals surface area contributed by atoms with Gasteiger partial charge in [-0.2, -0.15) is 11.8 Å². The molecule has 1 fully saturated rings. The maximum atomic E-state index is 11.7. The lowest BCUT2D eigenvalue weighted by molar-refractivity contribution is -0.124. The zero-order valence-electron chi connectivity index (χ0n) is 11.4. The van der Waals surface area contributed by atoms with Gasteiger partial charge in [0, 0.05) is 23.9 Å². The van der Waals surface area contributed by atoms with Gasteiger partial charge in [0.05, 0.1) is 12.5 Å². The van der Waals surface area contributed by atoms with Crippen molar-refractivity contribution in [1.82, 2.24) is 5.32 Å². The van der Waals surface area contributed by atoms with E-state index in [9.17, 15) is 4.79 Å². The number of thioether (sulfide) groups is 1. The first kappa shape index (κ1) is 15.7. The van der Waals surface area contributed by atoms with Gasteiger partial charge in [-0.3, -0.25) is 4.79 Å². The van der Waals surface area contributed by atoms with Crippen LogP contribution in [-0.2, 0) is 15.3 Å². The van der Waals surface area contributed by atoms with Crippen molar-refractivity contribution in [2.75, 3.05) is 25.5 Å². The van der Waals surface area contributed by atoms with Crippen molar-refractivity contribution in [2.24, 2.45) is 5.92 Å². The molecule has 0 spiro atoms. The van der Waals surface area contributed by atoms with Gasteiger partial charge in [-0.05, 0) is 30.2 Å². The molecule has 2 rings (SSSR count). The molecule has 1 aliphatic rings. The number of hydrogen-bond donors (Lipinski definition) is 1. The fourth-order valence-electron chi connectivity index (χ4n) is 2.07. The van der Waals surface area contributed by atoms with Crippen LogP contribution in [0.1, 0.15) is 18.4 Å². The summed E-state index contributed by atoms with van der Waals surface area (Å²) in [7, 11) is 0. The van der Waals surface area contributed by atoms with Gasteiger partial charge in [0.1, 0.15) is 0 Å². The summed E-state index contributed by atoms with van der Waals surface area (Å²) in [6.07, 6.45) is 1.83. The monoisotopic (exact) mass is 313 g/mol. The summed E-state index contributed by atoms with van der Waals surface area (Å²) in [5, 5.41) is 3.80. The van der Waals surface area contributed by atoms with Gasteiger partial charge in [-0.1, -0.05) is 29.8 Å². The predicted molar refractivity (Wildman–Crippen MR) is 84.2 cm³/mol. The molecule has 1 N–H and O–H groups in total. The van der Waals surface area contributed by atoms with Crippen LogP contribution in [0.2, 0.25) is 5.02 Å². The standard InChI is InChI=1S/C15H20ClNO2S/c16-14-5-2-1-4-13(14)11-20-9-3-7-17-15(18)12-6-8-19-10-12/h1-2,4-5,12H,3,6-11H2,(H,17,18). The summed E-state index contributed by atoms with van der Waals surface area (Å²) < 4.78 is 5.21. The van der Waals surface area contributed by atoms with Crippen molar-refractivity contribution >= 4 is 29.3 Å². The number of benzene rings is 1. The highest BCUT2D eigenvalue weighted by molar-refractivity contribution is 7.98. The van der Waals surface area contributed by atoms with Gasteiger partial charge >= 0.3 is 0 Å². The molecule has 0 radical (unpaired) electrons. The Hall–Kier alpha value is -0.710. The van der Waals surface area contributed by atoms with Crippen LogP contribution in [0.4, 0.5) is 0 Å². The first-order valence-corrected chi connectivity index (χ1v) is 8.47. The van der Waals surface area contributed by atoms with E-state index in [4.69, 9.17) is 16.3 Å². The predicted octanol–water partition coefficient (Wildman–Crippen LogP) is 3.12. The van der Waals surface area contributed by atoms with E-state index < -0.39 is 0 Å². The van der Waals surface area contributed by atoms with E-state index in [2.05, 4.69) is 11.4 Å². The van der Waals surface area contributed by atoms with E-state index in [1.54, 1.807) is 0 Å². The molecule has 1 aliphatic heterocycles. The van der Waals surface area contributed by atoms with Crippen LogP contribution in [0.15, 0.2) is 24.3 Å². The zero-order valence-corrected chi connectivity index (χ0v) is 13.0. The molecule has 0 bridgehead atoms. The molecular formula is C15H20ClNO2S. The highest BCUT2D eigenvalue weighted by Crippen LogP contribution is 2.20. The minimum atomic E-state index is 0.0609. The maximum Gasteiger partial charge on any atom is 0.225 e. The van der Waals surface area contributed by atoms with Crippen molar-refractivity contribution in [2.45, 2.75) is 18.6 Å². The van der Waals surface area contributed by atoms with Crippen molar-refractivity contribution in [3.05, 3.63) is 34.9 Å².